The number of amidine groups is 1. The Morgan fingerprint density at radius 1 is 1.19 bits per heavy atom. The number of amides is 1. The van der Waals surface area contributed by atoms with Crippen LogP contribution in [0.15, 0.2) is 46.3 Å². The average molecular weight is 383 g/mol. The normalized spacial score (nSPS) is 17.1. The molecular weight excluding hydrogens is 366 g/mol. The van der Waals surface area contributed by atoms with Crippen molar-refractivity contribution in [3.63, 3.8) is 0 Å². The van der Waals surface area contributed by atoms with Gasteiger partial charge >= 0.3 is 5.69 Å². The maximum absolute atomic E-state index is 12.5. The number of aromatic hydroxyl groups is 1. The fourth-order valence-electron chi connectivity index (χ4n) is 2.71. The molecule has 2 aromatic rings. The summed E-state index contributed by atoms with van der Waals surface area (Å²) < 4.78 is 0. The second-order valence-corrected chi connectivity index (χ2v) is 7.23. The van der Waals surface area contributed by atoms with Gasteiger partial charge in [-0.15, -0.1) is 0 Å². The molecule has 1 aliphatic heterocycles. The number of phenols is 1. The lowest BCUT2D eigenvalue weighted by atomic mass is 10.1. The van der Waals surface area contributed by atoms with Crippen molar-refractivity contribution in [3.05, 3.63) is 68.1 Å². The third-order valence-corrected chi connectivity index (χ3v) is 4.99. The minimum atomic E-state index is -0.667. The number of benzene rings is 2. The molecule has 27 heavy (non-hydrogen) atoms. The van der Waals surface area contributed by atoms with Crippen molar-refractivity contribution >= 4 is 40.3 Å². The largest absolute Gasteiger partial charge is 0.502 e. The van der Waals surface area contributed by atoms with Gasteiger partial charge < -0.3 is 5.11 Å². The first-order valence-corrected chi connectivity index (χ1v) is 8.88. The van der Waals surface area contributed by atoms with E-state index in [4.69, 9.17) is 0 Å². The maximum Gasteiger partial charge on any atom is 0.311 e. The summed E-state index contributed by atoms with van der Waals surface area (Å²) in [5, 5.41) is 21.0. The molecule has 1 N–H and O–H groups in total. The van der Waals surface area contributed by atoms with Crippen molar-refractivity contribution in [1.82, 2.24) is 4.90 Å². The number of rotatable bonds is 3. The van der Waals surface area contributed by atoms with E-state index in [0.29, 0.717) is 15.6 Å². The van der Waals surface area contributed by atoms with Crippen LogP contribution in [-0.4, -0.2) is 33.1 Å². The van der Waals surface area contributed by atoms with E-state index in [1.54, 1.807) is 13.1 Å². The predicted molar refractivity (Wildman–Crippen MR) is 106 cm³/mol. The number of hydrogen-bond donors (Lipinski definition) is 1. The van der Waals surface area contributed by atoms with Crippen LogP contribution in [0.5, 0.6) is 5.75 Å². The third kappa shape index (κ3) is 4.01. The Morgan fingerprint density at radius 3 is 2.48 bits per heavy atom. The minimum Gasteiger partial charge on any atom is -0.502 e. The fraction of sp³-hybridized carbons (Fsp3) is 0.158. The number of thioether (sulfide) groups is 1. The van der Waals surface area contributed by atoms with E-state index < -0.39 is 16.4 Å². The molecule has 138 valence electrons. The topological polar surface area (TPSA) is 96.0 Å². The molecule has 7 nitrogen and oxygen atoms in total. The Balaban J connectivity index is 1.94. The predicted octanol–water partition coefficient (Wildman–Crippen LogP) is 4.15. The smallest absolute Gasteiger partial charge is 0.311 e. The summed E-state index contributed by atoms with van der Waals surface area (Å²) in [5.41, 5.74) is 2.97. The highest BCUT2D eigenvalue weighted by molar-refractivity contribution is 8.18. The molecule has 0 saturated carbocycles. The van der Waals surface area contributed by atoms with Crippen molar-refractivity contribution in [3.8, 4) is 5.75 Å². The Labute approximate surface area is 160 Å². The molecule has 1 aliphatic rings. The Hall–Kier alpha value is -3.13. The van der Waals surface area contributed by atoms with E-state index in [0.717, 1.165) is 16.8 Å². The number of aliphatic imine (C=N–C) groups is 1. The highest BCUT2D eigenvalue weighted by Gasteiger charge is 2.30. The second-order valence-electron chi connectivity index (χ2n) is 6.22. The summed E-state index contributed by atoms with van der Waals surface area (Å²) >= 11 is 1.20. The number of hydrogen-bond acceptors (Lipinski definition) is 6. The number of phenolic OH excluding ortho intramolecular Hbond substituents is 1. The molecule has 1 heterocycles. The molecular formula is C19H17N3O4S. The van der Waals surface area contributed by atoms with Crippen molar-refractivity contribution in [2.75, 3.05) is 7.05 Å². The lowest BCUT2D eigenvalue weighted by Gasteiger charge is -2.08. The number of carbonyl (C=O) groups excluding carboxylic acids is 1. The Morgan fingerprint density at radius 2 is 1.85 bits per heavy atom. The van der Waals surface area contributed by atoms with Crippen molar-refractivity contribution < 1.29 is 14.8 Å². The van der Waals surface area contributed by atoms with Crippen LogP contribution in [-0.2, 0) is 4.79 Å². The van der Waals surface area contributed by atoms with E-state index in [2.05, 4.69) is 4.99 Å². The molecule has 1 amide bonds. The molecule has 0 aromatic heterocycles. The first-order valence-electron chi connectivity index (χ1n) is 8.06. The van der Waals surface area contributed by atoms with Crippen LogP contribution in [0.3, 0.4) is 0 Å². The van der Waals surface area contributed by atoms with Crippen molar-refractivity contribution in [2.45, 2.75) is 13.8 Å². The van der Waals surface area contributed by atoms with Gasteiger partial charge in [-0.1, -0.05) is 12.1 Å². The molecule has 0 atom stereocenters. The summed E-state index contributed by atoms with van der Waals surface area (Å²) in [6.07, 6.45) is 1.56. The molecule has 8 heteroatoms. The van der Waals surface area contributed by atoms with Gasteiger partial charge in [-0.2, -0.15) is 0 Å². The molecule has 3 rings (SSSR count). The van der Waals surface area contributed by atoms with E-state index in [1.807, 2.05) is 32.0 Å². The number of carbonyl (C=O) groups is 1. The van der Waals surface area contributed by atoms with E-state index in [-0.39, 0.29) is 5.91 Å². The monoisotopic (exact) mass is 383 g/mol. The van der Waals surface area contributed by atoms with Gasteiger partial charge in [0.05, 0.1) is 15.5 Å². The van der Waals surface area contributed by atoms with Gasteiger partial charge in [-0.05, 0) is 66.6 Å². The average Bonchev–Trinajstić information content (AvgIpc) is 2.83. The SMILES string of the molecule is Cc1cc(C)cc(N=C2S/C(=C\c3ccc(O)c([N+](=O)[O-])c3)C(=O)N2C)c1. The van der Waals surface area contributed by atoms with Crippen LogP contribution in [0.1, 0.15) is 16.7 Å². The number of nitro benzene ring substituents is 1. The van der Waals surface area contributed by atoms with Gasteiger partial charge in [0, 0.05) is 13.1 Å². The molecule has 0 radical (unpaired) electrons. The quantitative estimate of drug-likeness (QED) is 0.488. The van der Waals surface area contributed by atoms with E-state index >= 15 is 0 Å². The molecule has 0 unspecified atom stereocenters. The van der Waals surface area contributed by atoms with Crippen molar-refractivity contribution in [2.24, 2.45) is 4.99 Å². The molecule has 0 aliphatic carbocycles. The Kier molecular flexibility index (Phi) is 5.00. The summed E-state index contributed by atoms with van der Waals surface area (Å²) in [6.45, 7) is 3.97. The van der Waals surface area contributed by atoms with E-state index in [1.165, 1.54) is 34.9 Å². The Bertz CT molecular complexity index is 994. The van der Waals surface area contributed by atoms with Gasteiger partial charge in [0.25, 0.3) is 5.91 Å². The lowest BCUT2D eigenvalue weighted by Crippen LogP contribution is -2.23. The molecule has 1 fully saturated rings. The first kappa shape index (κ1) is 18.7. The van der Waals surface area contributed by atoms with Crippen LogP contribution in [0.25, 0.3) is 6.08 Å². The molecule has 0 bridgehead atoms. The standard InChI is InChI=1S/C19H17N3O4S/c1-11-6-12(2)8-14(7-11)20-19-21(3)18(24)17(27-19)10-13-4-5-16(23)15(9-13)22(25)26/h4-10,23H,1-3H3/b17-10-,20-19?. The minimum absolute atomic E-state index is 0.237. The second kappa shape index (κ2) is 7.24. The summed E-state index contributed by atoms with van der Waals surface area (Å²) in [6, 6.07) is 9.90. The highest BCUT2D eigenvalue weighted by Crippen LogP contribution is 2.35. The lowest BCUT2D eigenvalue weighted by molar-refractivity contribution is -0.385. The van der Waals surface area contributed by atoms with Gasteiger partial charge in [0.2, 0.25) is 0 Å². The zero-order valence-corrected chi connectivity index (χ0v) is 15.8. The summed E-state index contributed by atoms with van der Waals surface area (Å²) in [5.74, 6) is -0.652. The van der Waals surface area contributed by atoms with Crippen molar-refractivity contribution in [1.29, 1.82) is 0 Å². The molecule has 2 aromatic carbocycles. The maximum atomic E-state index is 12.5. The van der Waals surface area contributed by atoms with Gasteiger partial charge in [-0.25, -0.2) is 4.99 Å². The number of nitrogens with zero attached hydrogens (tertiary/aromatic N) is 3. The van der Waals surface area contributed by atoms with Crippen LogP contribution in [0.4, 0.5) is 11.4 Å². The summed E-state index contributed by atoms with van der Waals surface area (Å²) in [4.78, 5) is 29.2. The number of aryl methyl sites for hydroxylation is 2. The van der Waals surface area contributed by atoms with Crippen LogP contribution in [0, 0.1) is 24.0 Å². The van der Waals surface area contributed by atoms with Crippen LogP contribution < -0.4 is 0 Å². The van der Waals surface area contributed by atoms with Gasteiger partial charge in [0.1, 0.15) is 0 Å². The molecule has 0 spiro atoms. The zero-order valence-electron chi connectivity index (χ0n) is 15.0. The molecule has 1 saturated heterocycles. The fourth-order valence-corrected chi connectivity index (χ4v) is 3.69. The zero-order chi connectivity index (χ0) is 19.7. The first-order chi connectivity index (χ1) is 12.7. The van der Waals surface area contributed by atoms with Gasteiger partial charge in [-0.3, -0.25) is 19.8 Å². The van der Waals surface area contributed by atoms with Crippen LogP contribution in [0.2, 0.25) is 0 Å². The third-order valence-electron chi connectivity index (χ3n) is 3.93. The number of likely N-dealkylation sites (N-methyl/N-ethyl adjacent to an activating group) is 1. The van der Waals surface area contributed by atoms with Gasteiger partial charge in [0.15, 0.2) is 10.9 Å². The van der Waals surface area contributed by atoms with Crippen LogP contribution >= 0.6 is 11.8 Å². The number of nitro groups is 1. The van der Waals surface area contributed by atoms with E-state index in [9.17, 15) is 20.0 Å². The summed E-state index contributed by atoms with van der Waals surface area (Å²) in [7, 11) is 1.64. The highest BCUT2D eigenvalue weighted by atomic mass is 32.2.